The minimum Gasteiger partial charge on any atom is -0.493 e. The number of rotatable bonds is 5. The van der Waals surface area contributed by atoms with Gasteiger partial charge in [0.1, 0.15) is 11.7 Å². The van der Waals surface area contributed by atoms with Crippen LogP contribution in [0.15, 0.2) is 36.7 Å². The van der Waals surface area contributed by atoms with Crippen molar-refractivity contribution in [3.8, 4) is 39.9 Å². The lowest BCUT2D eigenvalue weighted by atomic mass is 9.81. The molecule has 1 aromatic heterocycles. The van der Waals surface area contributed by atoms with Gasteiger partial charge in [-0.15, -0.1) is 0 Å². The smallest absolute Gasteiger partial charge is 0.343 e. The Morgan fingerprint density at radius 1 is 0.944 bits per heavy atom. The van der Waals surface area contributed by atoms with Crippen LogP contribution in [0.25, 0.3) is 11.1 Å². The monoisotopic (exact) mass is 490 g/mol. The van der Waals surface area contributed by atoms with Crippen molar-refractivity contribution >= 4 is 5.97 Å². The van der Waals surface area contributed by atoms with E-state index in [1.54, 1.807) is 32.7 Å². The molecule has 9 heteroatoms. The summed E-state index contributed by atoms with van der Waals surface area (Å²) in [6, 6.07) is 7.26. The fourth-order valence-corrected chi connectivity index (χ4v) is 5.66. The Balaban J connectivity index is 1.60. The average Bonchev–Trinajstić information content (AvgIpc) is 3.52. The van der Waals surface area contributed by atoms with E-state index < -0.39 is 12.1 Å². The minimum atomic E-state index is -0.587. The van der Waals surface area contributed by atoms with E-state index in [9.17, 15) is 4.79 Å². The second-order valence-corrected chi connectivity index (χ2v) is 8.87. The quantitative estimate of drug-likeness (QED) is 0.494. The van der Waals surface area contributed by atoms with Crippen LogP contribution in [0.2, 0.25) is 0 Å². The SMILES string of the molecule is COc1ccc2c(c1OC)C(=O)OC2[C@H]1c2c(c(-c3ccncc3)c3c(c2OC)OCO3)CCN1C. The normalized spacial score (nSPS) is 19.9. The zero-order chi connectivity index (χ0) is 25.0. The Hall–Kier alpha value is -3.98. The first-order valence-electron chi connectivity index (χ1n) is 11.7. The maximum Gasteiger partial charge on any atom is 0.343 e. The summed E-state index contributed by atoms with van der Waals surface area (Å²) in [5.74, 6) is 2.22. The van der Waals surface area contributed by atoms with E-state index in [2.05, 4.69) is 9.88 Å². The van der Waals surface area contributed by atoms with E-state index in [1.165, 1.54) is 7.11 Å². The van der Waals surface area contributed by atoms with Gasteiger partial charge in [0.05, 0.1) is 27.4 Å². The van der Waals surface area contributed by atoms with Gasteiger partial charge in [-0.2, -0.15) is 0 Å². The van der Waals surface area contributed by atoms with Crippen molar-refractivity contribution in [2.75, 3.05) is 41.7 Å². The van der Waals surface area contributed by atoms with Crippen LogP contribution in [0.3, 0.4) is 0 Å². The molecule has 0 N–H and O–H groups in total. The predicted octanol–water partition coefficient (Wildman–Crippen LogP) is 3.94. The molecular weight excluding hydrogens is 464 g/mol. The van der Waals surface area contributed by atoms with Crippen LogP contribution < -0.4 is 23.7 Å². The Morgan fingerprint density at radius 2 is 1.69 bits per heavy atom. The van der Waals surface area contributed by atoms with Crippen molar-refractivity contribution in [1.82, 2.24) is 9.88 Å². The number of pyridine rings is 1. The molecule has 1 unspecified atom stereocenters. The second-order valence-electron chi connectivity index (χ2n) is 8.87. The molecule has 2 aromatic carbocycles. The molecule has 0 radical (unpaired) electrons. The van der Waals surface area contributed by atoms with Gasteiger partial charge in [-0.3, -0.25) is 9.88 Å². The Bertz CT molecular complexity index is 1360. The molecule has 0 spiro atoms. The molecule has 0 fully saturated rings. The number of carbonyl (C=O) groups excluding carboxylic acids is 1. The third-order valence-electron chi connectivity index (χ3n) is 7.19. The number of hydrogen-bond donors (Lipinski definition) is 0. The van der Waals surface area contributed by atoms with Crippen LogP contribution in [-0.2, 0) is 11.2 Å². The maximum absolute atomic E-state index is 13.2. The van der Waals surface area contributed by atoms with E-state index in [0.29, 0.717) is 34.3 Å². The van der Waals surface area contributed by atoms with E-state index in [1.807, 2.05) is 25.2 Å². The number of likely N-dealkylation sites (N-methyl/N-ethyl adjacent to an activating group) is 1. The number of cyclic esters (lactones) is 1. The summed E-state index contributed by atoms with van der Waals surface area (Å²) in [4.78, 5) is 19.5. The van der Waals surface area contributed by atoms with E-state index in [-0.39, 0.29) is 12.8 Å². The fraction of sp³-hybridized carbons (Fsp3) is 0.333. The summed E-state index contributed by atoms with van der Waals surface area (Å²) < 4.78 is 34.9. The summed E-state index contributed by atoms with van der Waals surface area (Å²) in [6.07, 6.45) is 3.69. The highest BCUT2D eigenvalue weighted by molar-refractivity contribution is 5.98. The largest absolute Gasteiger partial charge is 0.493 e. The van der Waals surface area contributed by atoms with Crippen molar-refractivity contribution in [2.24, 2.45) is 0 Å². The van der Waals surface area contributed by atoms with E-state index in [4.69, 9.17) is 28.4 Å². The van der Waals surface area contributed by atoms with Crippen molar-refractivity contribution < 1.29 is 33.2 Å². The van der Waals surface area contributed by atoms with Gasteiger partial charge in [-0.05, 0) is 42.8 Å². The Labute approximate surface area is 208 Å². The highest BCUT2D eigenvalue weighted by atomic mass is 16.7. The molecule has 9 nitrogen and oxygen atoms in total. The summed E-state index contributed by atoms with van der Waals surface area (Å²) >= 11 is 0. The number of fused-ring (bicyclic) bond motifs is 3. The number of hydrogen-bond acceptors (Lipinski definition) is 9. The number of benzene rings is 2. The number of carbonyl (C=O) groups is 1. The molecule has 4 heterocycles. The van der Waals surface area contributed by atoms with Gasteiger partial charge in [0.15, 0.2) is 23.0 Å². The molecule has 0 amide bonds. The van der Waals surface area contributed by atoms with Gasteiger partial charge >= 0.3 is 5.97 Å². The van der Waals surface area contributed by atoms with Crippen molar-refractivity contribution in [3.63, 3.8) is 0 Å². The van der Waals surface area contributed by atoms with Gasteiger partial charge in [-0.25, -0.2) is 4.79 Å². The minimum absolute atomic E-state index is 0.103. The molecule has 2 atom stereocenters. The van der Waals surface area contributed by atoms with Crippen molar-refractivity contribution in [2.45, 2.75) is 18.6 Å². The van der Waals surface area contributed by atoms with E-state index in [0.717, 1.165) is 40.8 Å². The average molecular weight is 491 g/mol. The second kappa shape index (κ2) is 8.60. The lowest BCUT2D eigenvalue weighted by Gasteiger charge is -2.39. The van der Waals surface area contributed by atoms with Gasteiger partial charge in [0.2, 0.25) is 12.5 Å². The molecule has 0 aliphatic carbocycles. The molecule has 3 aromatic rings. The standard InChI is InChI=1S/C27H26N2O7/c1-29-12-9-15-18(14-7-10-28-11-8-14)25-26(35-13-34-25)24(33-4)19(15)21(29)22-16-5-6-17(31-2)23(32-3)20(16)27(30)36-22/h5-8,10-11,21-22H,9,12-13H2,1-4H3/t21-,22?/m1/s1. The van der Waals surface area contributed by atoms with Crippen LogP contribution in [0.4, 0.5) is 0 Å². The first kappa shape index (κ1) is 22.5. The number of nitrogens with zero attached hydrogens (tertiary/aromatic N) is 2. The molecule has 36 heavy (non-hydrogen) atoms. The lowest BCUT2D eigenvalue weighted by molar-refractivity contribution is 0.00877. The number of methoxy groups -OCH3 is 3. The summed E-state index contributed by atoms with van der Waals surface area (Å²) in [6.45, 7) is 0.848. The first-order chi connectivity index (χ1) is 17.6. The highest BCUT2D eigenvalue weighted by Gasteiger charge is 2.47. The van der Waals surface area contributed by atoms with Crippen LogP contribution in [-0.4, -0.2) is 57.6 Å². The van der Waals surface area contributed by atoms with E-state index >= 15 is 0 Å². The molecule has 0 saturated carbocycles. The number of esters is 1. The predicted molar refractivity (Wildman–Crippen MR) is 129 cm³/mol. The third kappa shape index (κ3) is 3.12. The van der Waals surface area contributed by atoms with Crippen molar-refractivity contribution in [3.05, 3.63) is 58.9 Å². The summed E-state index contributed by atoms with van der Waals surface area (Å²) in [5.41, 5.74) is 5.06. The molecule has 6 rings (SSSR count). The Kier molecular flexibility index (Phi) is 5.37. The lowest BCUT2D eigenvalue weighted by Crippen LogP contribution is -2.36. The molecule has 186 valence electrons. The summed E-state index contributed by atoms with van der Waals surface area (Å²) in [7, 11) is 6.71. The maximum atomic E-state index is 13.2. The topological polar surface area (TPSA) is 88.6 Å². The highest BCUT2D eigenvalue weighted by Crippen LogP contribution is 2.58. The first-order valence-corrected chi connectivity index (χ1v) is 11.7. The third-order valence-corrected chi connectivity index (χ3v) is 7.19. The fourth-order valence-electron chi connectivity index (χ4n) is 5.66. The number of aromatic nitrogens is 1. The number of ether oxygens (including phenoxy) is 6. The van der Waals surface area contributed by atoms with Crippen LogP contribution in [0.1, 0.15) is 39.2 Å². The van der Waals surface area contributed by atoms with Crippen molar-refractivity contribution in [1.29, 1.82) is 0 Å². The molecule has 0 bridgehead atoms. The van der Waals surface area contributed by atoms with Gasteiger partial charge < -0.3 is 28.4 Å². The zero-order valence-corrected chi connectivity index (χ0v) is 20.5. The summed E-state index contributed by atoms with van der Waals surface area (Å²) in [5, 5.41) is 0. The van der Waals surface area contributed by atoms with Crippen LogP contribution >= 0.6 is 0 Å². The van der Waals surface area contributed by atoms with Gasteiger partial charge in [-0.1, -0.05) is 6.07 Å². The zero-order valence-electron chi connectivity index (χ0n) is 20.5. The van der Waals surface area contributed by atoms with Gasteiger partial charge in [0, 0.05) is 35.6 Å². The molecule has 3 aliphatic rings. The molecule has 3 aliphatic heterocycles. The van der Waals surface area contributed by atoms with Gasteiger partial charge in [0.25, 0.3) is 0 Å². The van der Waals surface area contributed by atoms with Crippen LogP contribution in [0, 0.1) is 0 Å². The molecule has 0 saturated heterocycles. The Morgan fingerprint density at radius 3 is 2.42 bits per heavy atom. The molecular formula is C27H26N2O7. The van der Waals surface area contributed by atoms with Crippen LogP contribution in [0.5, 0.6) is 28.7 Å².